The Kier molecular flexibility index (Phi) is 7.17. The van der Waals surface area contributed by atoms with Gasteiger partial charge in [-0.05, 0) is 69.9 Å². The number of unbranched alkanes of at least 4 members (excludes halogenated alkanes) is 1. The van der Waals surface area contributed by atoms with E-state index >= 15 is 0 Å². The average Bonchev–Trinajstić information content (AvgIpc) is 3.06. The number of non-ortho nitro benzene ring substituents is 1. The Balaban J connectivity index is 1.44. The van der Waals surface area contributed by atoms with Crippen molar-refractivity contribution in [3.8, 4) is 11.3 Å². The molecule has 1 aromatic carbocycles. The summed E-state index contributed by atoms with van der Waals surface area (Å²) in [6, 6.07) is 6.60. The third-order valence-corrected chi connectivity index (χ3v) is 5.53. The van der Waals surface area contributed by atoms with Gasteiger partial charge in [0.1, 0.15) is 0 Å². The normalized spacial score (nSPS) is 15.8. The number of likely N-dealkylation sites (tertiary alicyclic amines) is 1. The van der Waals surface area contributed by atoms with Crippen molar-refractivity contribution >= 4 is 5.69 Å². The van der Waals surface area contributed by atoms with Gasteiger partial charge >= 0.3 is 0 Å². The molecule has 2 aromatic rings. The monoisotopic (exact) mass is 385 g/mol. The highest BCUT2D eigenvalue weighted by molar-refractivity contribution is 5.64. The second-order valence-electron chi connectivity index (χ2n) is 7.89. The van der Waals surface area contributed by atoms with Crippen molar-refractivity contribution in [3.63, 3.8) is 0 Å². The molecule has 3 rings (SSSR count). The zero-order valence-corrected chi connectivity index (χ0v) is 16.9. The zero-order valence-electron chi connectivity index (χ0n) is 16.9. The Labute approximate surface area is 166 Å². The van der Waals surface area contributed by atoms with E-state index in [-0.39, 0.29) is 10.6 Å². The zero-order chi connectivity index (χ0) is 19.9. The predicted octanol–water partition coefficient (Wildman–Crippen LogP) is 3.60. The number of aryl methyl sites for hydroxylation is 1. The Bertz CT molecular complexity index is 764. The molecule has 0 amide bonds. The van der Waals surface area contributed by atoms with Crippen LogP contribution in [0.15, 0.2) is 30.5 Å². The van der Waals surface area contributed by atoms with E-state index in [2.05, 4.69) is 22.2 Å². The second-order valence-corrected chi connectivity index (χ2v) is 7.89. The largest absolute Gasteiger partial charge is 0.313 e. The van der Waals surface area contributed by atoms with Crippen molar-refractivity contribution in [2.75, 3.05) is 26.2 Å². The minimum absolute atomic E-state index is 0.0996. The van der Waals surface area contributed by atoms with E-state index in [0.29, 0.717) is 0 Å². The molecule has 2 heterocycles. The molecule has 1 N–H and O–H groups in total. The summed E-state index contributed by atoms with van der Waals surface area (Å²) in [5.41, 5.74) is 3.00. The summed E-state index contributed by atoms with van der Waals surface area (Å²) in [4.78, 5) is 13.0. The third-order valence-electron chi connectivity index (χ3n) is 5.53. The average molecular weight is 386 g/mol. The number of hydrogen-bond acceptors (Lipinski definition) is 5. The predicted molar refractivity (Wildman–Crippen MR) is 111 cm³/mol. The molecule has 0 aliphatic carbocycles. The van der Waals surface area contributed by atoms with Gasteiger partial charge in [0.15, 0.2) is 0 Å². The Morgan fingerprint density at radius 1 is 1.21 bits per heavy atom. The third kappa shape index (κ3) is 5.62. The van der Waals surface area contributed by atoms with Crippen molar-refractivity contribution in [2.45, 2.75) is 39.2 Å². The van der Waals surface area contributed by atoms with Crippen molar-refractivity contribution in [1.29, 1.82) is 0 Å². The van der Waals surface area contributed by atoms with E-state index in [4.69, 9.17) is 0 Å². The van der Waals surface area contributed by atoms with Crippen LogP contribution >= 0.6 is 0 Å². The van der Waals surface area contributed by atoms with Crippen LogP contribution in [0, 0.1) is 16.0 Å². The molecule has 1 fully saturated rings. The molecule has 0 bridgehead atoms. The fraction of sp³-hybridized carbons (Fsp3) is 0.571. The van der Waals surface area contributed by atoms with Crippen LogP contribution in [0.5, 0.6) is 0 Å². The van der Waals surface area contributed by atoms with Gasteiger partial charge in [0.25, 0.3) is 5.69 Å². The lowest BCUT2D eigenvalue weighted by Crippen LogP contribution is -2.33. The van der Waals surface area contributed by atoms with E-state index < -0.39 is 0 Å². The number of aromatic nitrogens is 2. The number of nitrogens with one attached hydrogen (secondary N) is 1. The minimum Gasteiger partial charge on any atom is -0.313 e. The van der Waals surface area contributed by atoms with Crippen LogP contribution in [0.4, 0.5) is 5.69 Å². The molecule has 1 aliphatic heterocycles. The van der Waals surface area contributed by atoms with Gasteiger partial charge in [-0.15, -0.1) is 0 Å². The highest BCUT2D eigenvalue weighted by Crippen LogP contribution is 2.24. The topological polar surface area (TPSA) is 76.2 Å². The summed E-state index contributed by atoms with van der Waals surface area (Å²) < 4.78 is 1.80. The molecule has 7 heteroatoms. The van der Waals surface area contributed by atoms with Crippen LogP contribution in [-0.2, 0) is 13.6 Å². The molecule has 0 saturated carbocycles. The molecule has 0 unspecified atom stereocenters. The molecule has 1 aliphatic rings. The van der Waals surface area contributed by atoms with Crippen molar-refractivity contribution in [1.82, 2.24) is 20.0 Å². The lowest BCUT2D eigenvalue weighted by atomic mass is 9.99. The van der Waals surface area contributed by atoms with Crippen LogP contribution in [0.2, 0.25) is 0 Å². The van der Waals surface area contributed by atoms with Gasteiger partial charge < -0.3 is 10.2 Å². The quantitative estimate of drug-likeness (QED) is 0.405. The van der Waals surface area contributed by atoms with Gasteiger partial charge in [-0.1, -0.05) is 6.92 Å². The van der Waals surface area contributed by atoms with E-state index in [9.17, 15) is 10.1 Å². The minimum atomic E-state index is -0.380. The van der Waals surface area contributed by atoms with Gasteiger partial charge in [-0.3, -0.25) is 14.8 Å². The summed E-state index contributed by atoms with van der Waals surface area (Å²) in [6.07, 6.45) is 7.08. The number of piperidine rings is 1. The first kappa shape index (κ1) is 20.5. The second kappa shape index (κ2) is 9.80. The van der Waals surface area contributed by atoms with E-state index in [1.54, 1.807) is 16.8 Å². The number of nitrogens with zero attached hydrogens (tertiary/aromatic N) is 4. The Hall–Kier alpha value is -2.25. The Morgan fingerprint density at radius 3 is 2.61 bits per heavy atom. The number of nitro benzene ring substituents is 1. The lowest BCUT2D eigenvalue weighted by Gasteiger charge is -2.30. The molecular formula is C21H31N5O2. The van der Waals surface area contributed by atoms with Gasteiger partial charge in [-0.2, -0.15) is 5.10 Å². The van der Waals surface area contributed by atoms with Gasteiger partial charge in [0.05, 0.1) is 10.6 Å². The van der Waals surface area contributed by atoms with E-state index in [1.807, 2.05) is 13.2 Å². The fourth-order valence-electron chi connectivity index (χ4n) is 3.75. The van der Waals surface area contributed by atoms with Gasteiger partial charge in [-0.25, -0.2) is 0 Å². The molecule has 0 spiro atoms. The smallest absolute Gasteiger partial charge is 0.269 e. The maximum absolute atomic E-state index is 10.8. The molecule has 0 radical (unpaired) electrons. The SMILES string of the molecule is CC1CCN(CCCCNCc2cn(C)nc2-c2ccc([N+](=O)[O-])cc2)CC1. The first-order valence-corrected chi connectivity index (χ1v) is 10.2. The summed E-state index contributed by atoms with van der Waals surface area (Å²) >= 11 is 0. The molecule has 0 atom stereocenters. The molecule has 7 nitrogen and oxygen atoms in total. The number of rotatable bonds is 9. The molecule has 152 valence electrons. The first-order chi connectivity index (χ1) is 13.5. The number of nitro groups is 1. The molecule has 28 heavy (non-hydrogen) atoms. The van der Waals surface area contributed by atoms with E-state index in [1.165, 1.54) is 57.5 Å². The summed E-state index contributed by atoms with van der Waals surface area (Å²) in [5.74, 6) is 0.891. The number of hydrogen-bond donors (Lipinski definition) is 1. The molecule has 1 saturated heterocycles. The van der Waals surface area contributed by atoms with Crippen LogP contribution < -0.4 is 5.32 Å². The molecular weight excluding hydrogens is 354 g/mol. The Morgan fingerprint density at radius 2 is 1.93 bits per heavy atom. The van der Waals surface area contributed by atoms with Crippen molar-refractivity contribution in [2.24, 2.45) is 13.0 Å². The van der Waals surface area contributed by atoms with Crippen LogP contribution in [0.25, 0.3) is 11.3 Å². The van der Waals surface area contributed by atoms with Crippen LogP contribution in [0.3, 0.4) is 0 Å². The maximum atomic E-state index is 10.8. The molecule has 1 aromatic heterocycles. The van der Waals surface area contributed by atoms with Crippen molar-refractivity contribution in [3.05, 3.63) is 46.1 Å². The van der Waals surface area contributed by atoms with Crippen molar-refractivity contribution < 1.29 is 4.92 Å². The fourth-order valence-corrected chi connectivity index (χ4v) is 3.75. The summed E-state index contributed by atoms with van der Waals surface area (Å²) in [5, 5.41) is 18.9. The summed E-state index contributed by atoms with van der Waals surface area (Å²) in [6.45, 7) is 7.80. The summed E-state index contributed by atoms with van der Waals surface area (Å²) in [7, 11) is 1.90. The number of benzene rings is 1. The van der Waals surface area contributed by atoms with E-state index in [0.717, 1.165) is 35.8 Å². The standard InChI is InChI=1S/C21H31N5O2/c1-17-9-13-25(14-10-17)12-4-3-11-22-15-19-16-24(2)23-21(19)18-5-7-20(8-6-18)26(27)28/h5-8,16-17,22H,3-4,9-15H2,1-2H3. The van der Waals surface area contributed by atoms with Gasteiger partial charge in [0, 0.05) is 43.0 Å². The maximum Gasteiger partial charge on any atom is 0.269 e. The van der Waals surface area contributed by atoms with Crippen LogP contribution in [0.1, 0.15) is 38.2 Å². The highest BCUT2D eigenvalue weighted by atomic mass is 16.6. The first-order valence-electron chi connectivity index (χ1n) is 10.2. The highest BCUT2D eigenvalue weighted by Gasteiger charge is 2.15. The lowest BCUT2D eigenvalue weighted by molar-refractivity contribution is -0.384. The van der Waals surface area contributed by atoms with Gasteiger partial charge in [0.2, 0.25) is 0 Å². The van der Waals surface area contributed by atoms with Crippen LogP contribution in [-0.4, -0.2) is 45.8 Å².